The number of thioether (sulfide) groups is 1. The molecule has 1 N–H and O–H groups in total. The molecule has 0 saturated carbocycles. The van der Waals surface area contributed by atoms with E-state index in [9.17, 15) is 13.2 Å². The predicted octanol–water partition coefficient (Wildman–Crippen LogP) is 2.91. The molecule has 1 aliphatic rings. The number of pyridine rings is 1. The molecule has 2 aromatic rings. The van der Waals surface area contributed by atoms with Crippen LogP contribution in [-0.2, 0) is 27.8 Å². The number of hydrogen-bond donors (Lipinski definition) is 1. The third-order valence-electron chi connectivity index (χ3n) is 4.49. The lowest BCUT2D eigenvalue weighted by molar-refractivity contribution is -0.131. The Bertz CT molecular complexity index is 917. The maximum absolute atomic E-state index is 12.7. The Morgan fingerprint density at radius 1 is 1.33 bits per heavy atom. The molecule has 0 fully saturated rings. The van der Waals surface area contributed by atoms with E-state index in [0.29, 0.717) is 18.8 Å². The first-order valence-electron chi connectivity index (χ1n) is 8.85. The van der Waals surface area contributed by atoms with Crippen molar-refractivity contribution in [3.63, 3.8) is 0 Å². The smallest absolute Gasteiger partial charge is 0.261 e. The zero-order valence-corrected chi connectivity index (χ0v) is 17.0. The molecule has 8 heteroatoms. The van der Waals surface area contributed by atoms with Crippen LogP contribution in [0.3, 0.4) is 0 Å². The zero-order valence-electron chi connectivity index (χ0n) is 15.4. The Kier molecular flexibility index (Phi) is 6.06. The number of rotatable bonds is 6. The highest BCUT2D eigenvalue weighted by molar-refractivity contribution is 8.00. The second-order valence-corrected chi connectivity index (χ2v) is 9.69. The van der Waals surface area contributed by atoms with Gasteiger partial charge in [0.05, 0.1) is 22.0 Å². The van der Waals surface area contributed by atoms with Crippen molar-refractivity contribution in [2.45, 2.75) is 37.0 Å². The van der Waals surface area contributed by atoms with Gasteiger partial charge in [-0.15, -0.1) is 11.8 Å². The van der Waals surface area contributed by atoms with Crippen LogP contribution in [0.2, 0.25) is 0 Å². The molecule has 0 spiro atoms. The number of anilines is 1. The van der Waals surface area contributed by atoms with E-state index >= 15 is 0 Å². The van der Waals surface area contributed by atoms with Crippen LogP contribution >= 0.6 is 11.8 Å². The number of benzene rings is 1. The Morgan fingerprint density at radius 2 is 2.15 bits per heavy atom. The fraction of sp³-hybridized carbons (Fsp3) is 0.368. The predicted molar refractivity (Wildman–Crippen MR) is 108 cm³/mol. The van der Waals surface area contributed by atoms with Gasteiger partial charge in [-0.25, -0.2) is 8.42 Å². The van der Waals surface area contributed by atoms with Crippen LogP contribution in [-0.4, -0.2) is 41.8 Å². The van der Waals surface area contributed by atoms with Crippen molar-refractivity contribution >= 4 is 33.4 Å². The molecule has 0 radical (unpaired) electrons. The third-order valence-corrected chi connectivity index (χ3v) is 6.90. The number of carbonyl (C=O) groups excluding carboxylic acids is 1. The van der Waals surface area contributed by atoms with Crippen molar-refractivity contribution in [1.82, 2.24) is 9.88 Å². The summed E-state index contributed by atoms with van der Waals surface area (Å²) in [4.78, 5) is 18.5. The number of nitrogens with one attached hydrogen (secondary N) is 1. The lowest BCUT2D eigenvalue weighted by atomic mass is 10.00. The summed E-state index contributed by atoms with van der Waals surface area (Å²) in [5, 5.41) is -0.0873. The van der Waals surface area contributed by atoms with E-state index in [4.69, 9.17) is 0 Å². The lowest BCUT2D eigenvalue weighted by Gasteiger charge is -2.31. The van der Waals surface area contributed by atoms with Crippen LogP contribution in [0.1, 0.15) is 25.0 Å². The number of carbonyl (C=O) groups is 1. The minimum atomic E-state index is -3.71. The summed E-state index contributed by atoms with van der Waals surface area (Å²) in [6.45, 7) is 5.07. The Labute approximate surface area is 164 Å². The van der Waals surface area contributed by atoms with Gasteiger partial charge in [0.15, 0.2) is 0 Å². The third kappa shape index (κ3) is 4.62. The van der Waals surface area contributed by atoms with Gasteiger partial charge in [-0.3, -0.25) is 14.5 Å². The number of sulfonamides is 1. The Hall–Kier alpha value is -2.06. The Morgan fingerprint density at radius 3 is 2.85 bits per heavy atom. The van der Waals surface area contributed by atoms with Crippen LogP contribution in [0.25, 0.3) is 0 Å². The maximum Gasteiger partial charge on any atom is 0.261 e. The zero-order chi connectivity index (χ0) is 19.4. The maximum atomic E-state index is 12.7. The average Bonchev–Trinajstić information content (AvgIpc) is 2.67. The van der Waals surface area contributed by atoms with Crippen molar-refractivity contribution in [3.05, 3.63) is 53.9 Å². The lowest BCUT2D eigenvalue weighted by Crippen LogP contribution is -2.40. The molecule has 144 valence electrons. The van der Waals surface area contributed by atoms with Crippen LogP contribution in [0.5, 0.6) is 0 Å². The molecule has 0 saturated heterocycles. The molecule has 2 heterocycles. The summed E-state index contributed by atoms with van der Waals surface area (Å²) in [7, 11) is -3.71. The van der Waals surface area contributed by atoms with Gasteiger partial charge in [-0.2, -0.15) is 0 Å². The van der Waals surface area contributed by atoms with Crippen LogP contribution in [0, 0.1) is 0 Å². The highest BCUT2D eigenvalue weighted by Crippen LogP contribution is 2.25. The normalized spacial score (nSPS) is 15.1. The fourth-order valence-electron chi connectivity index (χ4n) is 3.10. The summed E-state index contributed by atoms with van der Waals surface area (Å²) >= 11 is 1.62. The van der Waals surface area contributed by atoms with E-state index in [1.807, 2.05) is 24.8 Å². The minimum Gasteiger partial charge on any atom is -0.337 e. The Balaban J connectivity index is 1.80. The molecule has 0 bridgehead atoms. The van der Waals surface area contributed by atoms with Crippen molar-refractivity contribution in [1.29, 1.82) is 0 Å². The molecule has 1 atom stereocenters. The molecule has 1 aromatic carbocycles. The van der Waals surface area contributed by atoms with E-state index < -0.39 is 10.0 Å². The molecule has 1 amide bonds. The summed E-state index contributed by atoms with van der Waals surface area (Å²) in [5.74, 6) is 0.994. The molecule has 6 nitrogen and oxygen atoms in total. The van der Waals surface area contributed by atoms with E-state index in [-0.39, 0.29) is 16.1 Å². The fourth-order valence-corrected chi connectivity index (χ4v) is 4.99. The second kappa shape index (κ2) is 8.31. The first kappa shape index (κ1) is 19.7. The average molecular weight is 406 g/mol. The van der Waals surface area contributed by atoms with Gasteiger partial charge in [-0.05, 0) is 54.5 Å². The van der Waals surface area contributed by atoms with Crippen molar-refractivity contribution in [2.75, 3.05) is 17.0 Å². The van der Waals surface area contributed by atoms with Crippen molar-refractivity contribution < 1.29 is 13.2 Å². The van der Waals surface area contributed by atoms with E-state index in [0.717, 1.165) is 23.3 Å². The molecule has 1 aromatic heterocycles. The van der Waals surface area contributed by atoms with Gasteiger partial charge in [0.25, 0.3) is 10.0 Å². The molecule has 3 rings (SSSR count). The summed E-state index contributed by atoms with van der Waals surface area (Å²) in [6, 6.07) is 8.45. The van der Waals surface area contributed by atoms with Crippen molar-refractivity contribution in [2.24, 2.45) is 0 Å². The number of nitrogens with zero attached hydrogens (tertiary/aromatic N) is 2. The van der Waals surface area contributed by atoms with Crippen LogP contribution < -0.4 is 4.72 Å². The quantitative estimate of drug-likeness (QED) is 0.799. The van der Waals surface area contributed by atoms with Gasteiger partial charge in [0, 0.05) is 19.3 Å². The molecular weight excluding hydrogens is 382 g/mol. The number of amides is 1. The van der Waals surface area contributed by atoms with E-state index in [1.54, 1.807) is 42.2 Å². The number of aromatic nitrogens is 1. The molecule has 1 unspecified atom stereocenters. The largest absolute Gasteiger partial charge is 0.337 e. The first-order valence-corrected chi connectivity index (χ1v) is 11.4. The topological polar surface area (TPSA) is 79.4 Å². The molecular formula is C19H23N3O3S2. The van der Waals surface area contributed by atoms with Crippen LogP contribution in [0.15, 0.2) is 47.6 Å². The highest BCUT2D eigenvalue weighted by Gasteiger charge is 2.26. The first-order chi connectivity index (χ1) is 12.9. The molecule has 1 aliphatic heterocycles. The SMILES string of the molecule is CCSC(C)C(=O)N1CCc2ccc(S(=O)(=O)Nc3cccnc3)cc2C1. The second-order valence-electron chi connectivity index (χ2n) is 6.39. The van der Waals surface area contributed by atoms with Gasteiger partial charge in [-0.1, -0.05) is 13.0 Å². The number of hydrogen-bond acceptors (Lipinski definition) is 5. The number of fused-ring (bicyclic) bond motifs is 1. The van der Waals surface area contributed by atoms with Crippen molar-refractivity contribution in [3.8, 4) is 0 Å². The summed E-state index contributed by atoms with van der Waals surface area (Å²) in [6.07, 6.45) is 3.78. The van der Waals surface area contributed by atoms with Gasteiger partial charge >= 0.3 is 0 Å². The molecule has 0 aliphatic carbocycles. The monoisotopic (exact) mass is 405 g/mol. The van der Waals surface area contributed by atoms with Crippen LogP contribution in [0.4, 0.5) is 5.69 Å². The summed E-state index contributed by atoms with van der Waals surface area (Å²) in [5.41, 5.74) is 2.39. The highest BCUT2D eigenvalue weighted by atomic mass is 32.2. The van der Waals surface area contributed by atoms with E-state index in [2.05, 4.69) is 9.71 Å². The van der Waals surface area contributed by atoms with Gasteiger partial charge < -0.3 is 4.90 Å². The molecule has 27 heavy (non-hydrogen) atoms. The van der Waals surface area contributed by atoms with Gasteiger partial charge in [0.1, 0.15) is 0 Å². The van der Waals surface area contributed by atoms with E-state index in [1.165, 1.54) is 6.20 Å². The van der Waals surface area contributed by atoms with Gasteiger partial charge in [0.2, 0.25) is 5.91 Å². The summed E-state index contributed by atoms with van der Waals surface area (Å²) < 4.78 is 27.9. The minimum absolute atomic E-state index is 0.0873. The standard InChI is InChI=1S/C19H23N3O3S2/c1-3-26-14(2)19(23)22-10-8-15-6-7-18(11-16(15)13-22)27(24,25)21-17-5-4-9-20-12-17/h4-7,9,11-12,14,21H,3,8,10,13H2,1-2H3.